The third-order valence-electron chi connectivity index (χ3n) is 3.77. The Labute approximate surface area is 148 Å². The van der Waals surface area contributed by atoms with Crippen molar-refractivity contribution in [3.63, 3.8) is 0 Å². The van der Waals surface area contributed by atoms with Gasteiger partial charge in [-0.2, -0.15) is 4.99 Å². The summed E-state index contributed by atoms with van der Waals surface area (Å²) < 4.78 is 27.3. The first-order valence-corrected chi connectivity index (χ1v) is 7.79. The molecule has 0 spiro atoms. The monoisotopic (exact) mass is 352 g/mol. The van der Waals surface area contributed by atoms with Crippen LogP contribution in [0.2, 0.25) is 0 Å². The van der Waals surface area contributed by atoms with Gasteiger partial charge in [-0.3, -0.25) is 14.2 Å². The maximum atomic E-state index is 13.1. The van der Waals surface area contributed by atoms with Crippen LogP contribution in [0.3, 0.4) is 0 Å². The normalized spacial score (nSPS) is 11.4. The Balaban J connectivity index is 2.07. The molecule has 3 rings (SSSR count). The molecule has 1 aromatic heterocycles. The van der Waals surface area contributed by atoms with E-state index in [2.05, 4.69) is 4.99 Å². The van der Waals surface area contributed by atoms with E-state index in [1.165, 1.54) is 59.3 Å². The lowest BCUT2D eigenvalue weighted by atomic mass is 10.2. The SMILES string of the molecule is Cc1cccn(C(=O)c2ccc(F)cc2)c1=NC(=O)c1ccc(F)cc1. The van der Waals surface area contributed by atoms with E-state index >= 15 is 0 Å². The fourth-order valence-electron chi connectivity index (χ4n) is 2.40. The molecule has 1 heterocycles. The van der Waals surface area contributed by atoms with Crippen molar-refractivity contribution in [2.45, 2.75) is 6.92 Å². The van der Waals surface area contributed by atoms with Gasteiger partial charge in [0.25, 0.3) is 11.8 Å². The molecule has 26 heavy (non-hydrogen) atoms. The zero-order valence-electron chi connectivity index (χ0n) is 13.8. The lowest BCUT2D eigenvalue weighted by Crippen LogP contribution is -2.30. The number of hydrogen-bond donors (Lipinski definition) is 0. The van der Waals surface area contributed by atoms with Gasteiger partial charge >= 0.3 is 0 Å². The molecular formula is C20H14F2N2O2. The maximum Gasteiger partial charge on any atom is 0.278 e. The Morgan fingerprint density at radius 3 is 1.96 bits per heavy atom. The van der Waals surface area contributed by atoms with E-state index in [1.54, 1.807) is 19.1 Å². The number of benzene rings is 2. The summed E-state index contributed by atoms with van der Waals surface area (Å²) >= 11 is 0. The van der Waals surface area contributed by atoms with Gasteiger partial charge in [-0.05, 0) is 67.1 Å². The summed E-state index contributed by atoms with van der Waals surface area (Å²) in [4.78, 5) is 29.1. The fraction of sp³-hybridized carbons (Fsp3) is 0.0500. The molecule has 2 aromatic carbocycles. The summed E-state index contributed by atoms with van der Waals surface area (Å²) in [5.41, 5.74) is 1.23. The first-order chi connectivity index (χ1) is 12.5. The van der Waals surface area contributed by atoms with E-state index in [1.807, 2.05) is 0 Å². The van der Waals surface area contributed by atoms with Crippen LogP contribution in [-0.2, 0) is 0 Å². The Kier molecular flexibility index (Phi) is 4.84. The third kappa shape index (κ3) is 3.64. The van der Waals surface area contributed by atoms with Gasteiger partial charge in [-0.1, -0.05) is 6.07 Å². The predicted octanol–water partition coefficient (Wildman–Crippen LogP) is 3.50. The summed E-state index contributed by atoms with van der Waals surface area (Å²) in [6.45, 7) is 1.71. The second-order valence-electron chi connectivity index (χ2n) is 5.62. The van der Waals surface area contributed by atoms with Crippen molar-refractivity contribution in [3.8, 4) is 0 Å². The molecule has 130 valence electrons. The molecule has 0 atom stereocenters. The standard InChI is InChI=1S/C20H14F2N2O2/c1-13-3-2-12-24(20(26)15-6-10-17(22)11-7-15)18(13)23-19(25)14-4-8-16(21)9-5-14/h2-12H,1H3. The van der Waals surface area contributed by atoms with E-state index in [4.69, 9.17) is 0 Å². The Morgan fingerprint density at radius 2 is 1.38 bits per heavy atom. The van der Waals surface area contributed by atoms with Crippen LogP contribution >= 0.6 is 0 Å². The van der Waals surface area contributed by atoms with Gasteiger partial charge in [0.15, 0.2) is 0 Å². The number of halogens is 2. The lowest BCUT2D eigenvalue weighted by Gasteiger charge is -2.08. The van der Waals surface area contributed by atoms with E-state index in [9.17, 15) is 18.4 Å². The molecule has 0 saturated carbocycles. The van der Waals surface area contributed by atoms with Crippen LogP contribution in [0.4, 0.5) is 8.78 Å². The smallest absolute Gasteiger partial charge is 0.268 e. The zero-order valence-corrected chi connectivity index (χ0v) is 13.8. The van der Waals surface area contributed by atoms with Crippen molar-refractivity contribution in [1.82, 2.24) is 4.57 Å². The number of aryl methyl sites for hydroxylation is 1. The summed E-state index contributed by atoms with van der Waals surface area (Å²) in [5.74, 6) is -1.95. The first-order valence-electron chi connectivity index (χ1n) is 7.79. The highest BCUT2D eigenvalue weighted by Gasteiger charge is 2.12. The molecule has 3 aromatic rings. The summed E-state index contributed by atoms with van der Waals surface area (Å²) in [5, 5.41) is 0. The van der Waals surface area contributed by atoms with Crippen LogP contribution < -0.4 is 5.49 Å². The highest BCUT2D eigenvalue weighted by Crippen LogP contribution is 2.06. The lowest BCUT2D eigenvalue weighted by molar-refractivity contribution is 0.0953. The Bertz CT molecular complexity index is 1040. The molecule has 0 aliphatic heterocycles. The van der Waals surface area contributed by atoms with Crippen LogP contribution in [0.15, 0.2) is 71.9 Å². The van der Waals surface area contributed by atoms with Gasteiger partial charge < -0.3 is 0 Å². The molecule has 4 nitrogen and oxygen atoms in total. The number of amides is 1. The van der Waals surface area contributed by atoms with Gasteiger partial charge in [-0.15, -0.1) is 0 Å². The van der Waals surface area contributed by atoms with Gasteiger partial charge in [0.1, 0.15) is 17.1 Å². The molecule has 0 aliphatic rings. The van der Waals surface area contributed by atoms with Crippen molar-refractivity contribution in [3.05, 3.63) is 101 Å². The highest BCUT2D eigenvalue weighted by molar-refractivity contribution is 5.97. The number of carbonyl (C=O) groups excluding carboxylic acids is 2. The molecule has 6 heteroatoms. The van der Waals surface area contributed by atoms with Crippen LogP contribution in [0.5, 0.6) is 0 Å². The van der Waals surface area contributed by atoms with Crippen molar-refractivity contribution in [2.24, 2.45) is 4.99 Å². The zero-order chi connectivity index (χ0) is 18.7. The third-order valence-corrected chi connectivity index (χ3v) is 3.77. The average molecular weight is 352 g/mol. The maximum absolute atomic E-state index is 13.1. The van der Waals surface area contributed by atoms with Gasteiger partial charge in [0.2, 0.25) is 0 Å². The number of aromatic nitrogens is 1. The molecule has 1 amide bonds. The first kappa shape index (κ1) is 17.4. The van der Waals surface area contributed by atoms with E-state index < -0.39 is 23.4 Å². The molecule has 0 unspecified atom stereocenters. The minimum atomic E-state index is -0.597. The fourth-order valence-corrected chi connectivity index (χ4v) is 2.40. The van der Waals surface area contributed by atoms with Crippen LogP contribution in [0.1, 0.15) is 26.3 Å². The van der Waals surface area contributed by atoms with Gasteiger partial charge in [-0.25, -0.2) is 8.78 Å². The molecule has 0 fully saturated rings. The quantitative estimate of drug-likeness (QED) is 0.709. The molecule has 0 N–H and O–H groups in total. The number of nitrogens with zero attached hydrogens (tertiary/aromatic N) is 2. The van der Waals surface area contributed by atoms with Crippen molar-refractivity contribution in [2.75, 3.05) is 0 Å². The second-order valence-corrected chi connectivity index (χ2v) is 5.62. The summed E-state index contributed by atoms with van der Waals surface area (Å²) in [6.07, 6.45) is 1.48. The molecular weight excluding hydrogens is 338 g/mol. The number of carbonyl (C=O) groups is 2. The topological polar surface area (TPSA) is 51.4 Å². The molecule has 0 saturated heterocycles. The minimum Gasteiger partial charge on any atom is -0.268 e. The second kappa shape index (κ2) is 7.23. The number of hydrogen-bond acceptors (Lipinski definition) is 2. The molecule has 0 radical (unpaired) electrons. The largest absolute Gasteiger partial charge is 0.278 e. The van der Waals surface area contributed by atoms with Crippen molar-refractivity contribution < 1.29 is 18.4 Å². The Morgan fingerprint density at radius 1 is 0.846 bits per heavy atom. The van der Waals surface area contributed by atoms with Crippen molar-refractivity contribution in [1.29, 1.82) is 0 Å². The highest BCUT2D eigenvalue weighted by atomic mass is 19.1. The van der Waals surface area contributed by atoms with E-state index in [-0.39, 0.29) is 16.6 Å². The van der Waals surface area contributed by atoms with Crippen LogP contribution in [0.25, 0.3) is 0 Å². The summed E-state index contributed by atoms with van der Waals surface area (Å²) in [6, 6.07) is 13.4. The average Bonchev–Trinajstić information content (AvgIpc) is 2.64. The van der Waals surface area contributed by atoms with Crippen LogP contribution in [-0.4, -0.2) is 16.4 Å². The minimum absolute atomic E-state index is 0.163. The predicted molar refractivity (Wildman–Crippen MR) is 91.6 cm³/mol. The summed E-state index contributed by atoms with van der Waals surface area (Å²) in [7, 11) is 0. The van der Waals surface area contributed by atoms with Crippen LogP contribution in [0, 0.1) is 18.6 Å². The number of pyridine rings is 1. The number of rotatable bonds is 2. The molecule has 0 aliphatic carbocycles. The van der Waals surface area contributed by atoms with E-state index in [0.717, 1.165) is 0 Å². The van der Waals surface area contributed by atoms with E-state index in [0.29, 0.717) is 5.56 Å². The Hall–Kier alpha value is -3.41. The van der Waals surface area contributed by atoms with Crippen molar-refractivity contribution >= 4 is 11.8 Å². The van der Waals surface area contributed by atoms with Gasteiger partial charge in [0.05, 0.1) is 0 Å². The molecule has 0 bridgehead atoms. The van der Waals surface area contributed by atoms with Gasteiger partial charge in [0, 0.05) is 17.3 Å².